The van der Waals surface area contributed by atoms with Crippen molar-refractivity contribution < 1.29 is 12.8 Å². The van der Waals surface area contributed by atoms with Crippen molar-refractivity contribution in [2.45, 2.75) is 17.4 Å². The minimum atomic E-state index is -3.71. The summed E-state index contributed by atoms with van der Waals surface area (Å²) in [4.78, 5) is 1.26. The molecule has 6 nitrogen and oxygen atoms in total. The highest BCUT2D eigenvalue weighted by atomic mass is 32.2. The molecule has 1 unspecified atom stereocenters. The summed E-state index contributed by atoms with van der Waals surface area (Å²) in [7, 11) is -3.71. The molecule has 2 N–H and O–H groups in total. The van der Waals surface area contributed by atoms with Crippen molar-refractivity contribution in [3.63, 3.8) is 0 Å². The van der Waals surface area contributed by atoms with Gasteiger partial charge in [-0.3, -0.25) is 5.01 Å². The zero-order chi connectivity index (χ0) is 17.4. The first-order valence-corrected chi connectivity index (χ1v) is 10.0. The zero-order valence-electron chi connectivity index (χ0n) is 13.1. The molecule has 0 saturated heterocycles. The topological polar surface area (TPSA) is 88.9 Å². The largest absolute Gasteiger partial charge is 0.463 e. The molecule has 25 heavy (non-hydrogen) atoms. The number of hydrogen-bond acceptors (Lipinski definition) is 6. The molecule has 1 aromatic carbocycles. The molecule has 0 radical (unpaired) electrons. The fourth-order valence-corrected chi connectivity index (χ4v) is 4.16. The third-order valence-electron chi connectivity index (χ3n) is 4.02. The van der Waals surface area contributed by atoms with Crippen LogP contribution in [-0.4, -0.2) is 14.1 Å². The lowest BCUT2D eigenvalue weighted by Crippen LogP contribution is -2.18. The highest BCUT2D eigenvalue weighted by Crippen LogP contribution is 2.38. The fraction of sp³-hybridized carbons (Fsp3) is 0.118. The van der Waals surface area contributed by atoms with Gasteiger partial charge in [-0.1, -0.05) is 6.07 Å². The standard InChI is InChI=1S/C17H15N3O3S2/c18-25(21,22)13-7-5-12(6-8-13)20-15(17-4-2-10-24-17)11-14(19-20)16-3-1-9-23-16/h1-10,15H,11H2,(H2,18,21,22). The molecule has 128 valence electrons. The lowest BCUT2D eigenvalue weighted by molar-refractivity contribution is 0.556. The molecule has 0 saturated carbocycles. The van der Waals surface area contributed by atoms with Crippen LogP contribution in [0, 0.1) is 0 Å². The van der Waals surface area contributed by atoms with Crippen molar-refractivity contribution in [3.05, 3.63) is 70.8 Å². The van der Waals surface area contributed by atoms with Gasteiger partial charge < -0.3 is 4.42 Å². The second-order valence-electron chi connectivity index (χ2n) is 5.64. The monoisotopic (exact) mass is 373 g/mol. The number of hydrazone groups is 1. The van der Waals surface area contributed by atoms with E-state index in [4.69, 9.17) is 14.7 Å². The van der Waals surface area contributed by atoms with Gasteiger partial charge >= 0.3 is 0 Å². The van der Waals surface area contributed by atoms with Crippen molar-refractivity contribution in [2.24, 2.45) is 10.2 Å². The highest BCUT2D eigenvalue weighted by molar-refractivity contribution is 7.89. The second kappa shape index (κ2) is 6.14. The molecule has 0 amide bonds. The number of nitrogens with zero attached hydrogens (tertiary/aromatic N) is 2. The zero-order valence-corrected chi connectivity index (χ0v) is 14.7. The van der Waals surface area contributed by atoms with Crippen LogP contribution in [0.25, 0.3) is 0 Å². The van der Waals surface area contributed by atoms with Gasteiger partial charge in [0.05, 0.1) is 22.9 Å². The van der Waals surface area contributed by atoms with Gasteiger partial charge in [0.2, 0.25) is 10.0 Å². The third-order valence-corrected chi connectivity index (χ3v) is 5.92. The lowest BCUT2D eigenvalue weighted by atomic mass is 10.1. The quantitative estimate of drug-likeness (QED) is 0.759. The van der Waals surface area contributed by atoms with Gasteiger partial charge in [0, 0.05) is 11.3 Å². The summed E-state index contributed by atoms with van der Waals surface area (Å²) in [5.74, 6) is 0.741. The van der Waals surface area contributed by atoms with Gasteiger partial charge in [-0.25, -0.2) is 13.6 Å². The third kappa shape index (κ3) is 3.11. The number of primary sulfonamides is 1. The van der Waals surface area contributed by atoms with Gasteiger partial charge in [0.15, 0.2) is 0 Å². The van der Waals surface area contributed by atoms with E-state index in [2.05, 4.69) is 6.07 Å². The highest BCUT2D eigenvalue weighted by Gasteiger charge is 2.31. The first-order valence-electron chi connectivity index (χ1n) is 7.59. The van der Waals surface area contributed by atoms with E-state index >= 15 is 0 Å². The smallest absolute Gasteiger partial charge is 0.238 e. The van der Waals surface area contributed by atoms with E-state index in [1.54, 1.807) is 29.7 Å². The molecule has 1 atom stereocenters. The van der Waals surface area contributed by atoms with Crippen LogP contribution < -0.4 is 10.1 Å². The Bertz CT molecular complexity index is 992. The normalized spacial score (nSPS) is 17.7. The summed E-state index contributed by atoms with van der Waals surface area (Å²) in [5, 5.41) is 13.8. The van der Waals surface area contributed by atoms with E-state index in [1.165, 1.54) is 17.0 Å². The van der Waals surface area contributed by atoms with Crippen LogP contribution in [0.4, 0.5) is 5.69 Å². The Balaban J connectivity index is 1.73. The molecule has 0 bridgehead atoms. The predicted octanol–water partition coefficient (Wildman–Crippen LogP) is 3.34. The van der Waals surface area contributed by atoms with Gasteiger partial charge in [-0.15, -0.1) is 11.3 Å². The first-order chi connectivity index (χ1) is 12.0. The van der Waals surface area contributed by atoms with Crippen LogP contribution in [0.1, 0.15) is 23.1 Å². The van der Waals surface area contributed by atoms with Crippen molar-refractivity contribution in [1.82, 2.24) is 0 Å². The van der Waals surface area contributed by atoms with Gasteiger partial charge in [0.1, 0.15) is 11.5 Å². The number of furan rings is 1. The SMILES string of the molecule is NS(=O)(=O)c1ccc(N2N=C(c3ccco3)CC2c2cccs2)cc1. The molecule has 4 rings (SSSR count). The molecular formula is C17H15N3O3S2. The van der Waals surface area contributed by atoms with Gasteiger partial charge in [0.25, 0.3) is 0 Å². The average molecular weight is 373 g/mol. The Morgan fingerprint density at radius 2 is 1.96 bits per heavy atom. The molecule has 0 aliphatic carbocycles. The maximum absolute atomic E-state index is 11.4. The Morgan fingerprint density at radius 3 is 2.56 bits per heavy atom. The van der Waals surface area contributed by atoms with Crippen LogP contribution in [0.2, 0.25) is 0 Å². The first kappa shape index (κ1) is 16.1. The number of benzene rings is 1. The molecular weight excluding hydrogens is 358 g/mol. The van der Waals surface area contributed by atoms with Gasteiger partial charge in [-0.2, -0.15) is 5.10 Å². The van der Waals surface area contributed by atoms with Gasteiger partial charge in [-0.05, 0) is 47.8 Å². The summed E-state index contributed by atoms with van der Waals surface area (Å²) in [5.41, 5.74) is 1.66. The van der Waals surface area contributed by atoms with E-state index in [0.717, 1.165) is 17.2 Å². The van der Waals surface area contributed by atoms with Crippen LogP contribution >= 0.6 is 11.3 Å². The number of anilines is 1. The minimum Gasteiger partial charge on any atom is -0.463 e. The van der Waals surface area contributed by atoms with Crippen LogP contribution in [-0.2, 0) is 10.0 Å². The van der Waals surface area contributed by atoms with E-state index in [-0.39, 0.29) is 10.9 Å². The number of rotatable bonds is 4. The van der Waals surface area contributed by atoms with E-state index in [9.17, 15) is 8.42 Å². The van der Waals surface area contributed by atoms with Crippen LogP contribution in [0.5, 0.6) is 0 Å². The lowest BCUT2D eigenvalue weighted by Gasteiger charge is -2.22. The average Bonchev–Trinajstić information content (AvgIpc) is 3.33. The minimum absolute atomic E-state index is 0.0421. The van der Waals surface area contributed by atoms with Crippen molar-refractivity contribution >= 4 is 32.8 Å². The van der Waals surface area contributed by atoms with E-state index < -0.39 is 10.0 Å². The Morgan fingerprint density at radius 1 is 1.16 bits per heavy atom. The predicted molar refractivity (Wildman–Crippen MR) is 97.2 cm³/mol. The van der Waals surface area contributed by atoms with Crippen molar-refractivity contribution in [3.8, 4) is 0 Å². The molecule has 1 aliphatic rings. The maximum Gasteiger partial charge on any atom is 0.238 e. The summed E-state index contributed by atoms with van der Waals surface area (Å²) in [6.07, 6.45) is 2.34. The van der Waals surface area contributed by atoms with Crippen LogP contribution in [0.15, 0.2) is 74.6 Å². The summed E-state index contributed by atoms with van der Waals surface area (Å²) < 4.78 is 28.4. The summed E-state index contributed by atoms with van der Waals surface area (Å²) in [6, 6.07) is 14.3. The molecule has 0 spiro atoms. The maximum atomic E-state index is 11.4. The number of nitrogens with two attached hydrogens (primary N) is 1. The van der Waals surface area contributed by atoms with Crippen molar-refractivity contribution in [1.29, 1.82) is 0 Å². The number of thiophene rings is 1. The number of hydrogen-bond donors (Lipinski definition) is 1. The molecule has 3 heterocycles. The summed E-state index contributed by atoms with van der Waals surface area (Å²) in [6.45, 7) is 0. The Hall–Kier alpha value is -2.42. The van der Waals surface area contributed by atoms with E-state index in [0.29, 0.717) is 6.42 Å². The van der Waals surface area contributed by atoms with Crippen LogP contribution in [0.3, 0.4) is 0 Å². The molecule has 1 aliphatic heterocycles. The molecule has 3 aromatic rings. The summed E-state index contributed by atoms with van der Waals surface area (Å²) >= 11 is 1.66. The molecule has 8 heteroatoms. The molecule has 0 fully saturated rings. The van der Waals surface area contributed by atoms with Crippen molar-refractivity contribution in [2.75, 3.05) is 5.01 Å². The second-order valence-corrected chi connectivity index (χ2v) is 8.18. The Labute approximate surface area is 149 Å². The molecule has 2 aromatic heterocycles. The fourth-order valence-electron chi connectivity index (χ4n) is 2.83. The Kier molecular flexibility index (Phi) is 3.95. The van der Waals surface area contributed by atoms with E-state index in [1.807, 2.05) is 28.6 Å². The number of sulfonamides is 1.